The van der Waals surface area contributed by atoms with Gasteiger partial charge in [0.05, 0.1) is 7.11 Å². The number of aromatic hydroxyl groups is 1. The molecule has 4 heteroatoms. The van der Waals surface area contributed by atoms with E-state index in [0.717, 1.165) is 5.56 Å². The Morgan fingerprint density at radius 3 is 2.67 bits per heavy atom. The Hall–Kier alpha value is -1.55. The maximum atomic E-state index is 11.5. The molecule has 0 saturated heterocycles. The number of hydrogen-bond donors (Lipinski definition) is 2. The molecule has 0 unspecified atom stereocenters. The molecule has 0 aliphatic heterocycles. The fraction of sp³-hybridized carbons (Fsp3) is 0.364. The van der Waals surface area contributed by atoms with Crippen molar-refractivity contribution in [1.82, 2.24) is 0 Å². The Morgan fingerprint density at radius 1 is 1.53 bits per heavy atom. The Bertz CT molecular complexity index is 351. The van der Waals surface area contributed by atoms with E-state index < -0.39 is 0 Å². The van der Waals surface area contributed by atoms with Gasteiger partial charge >= 0.3 is 0 Å². The van der Waals surface area contributed by atoms with Crippen LogP contribution in [0.15, 0.2) is 12.1 Å². The lowest BCUT2D eigenvalue weighted by Gasteiger charge is -2.09. The van der Waals surface area contributed by atoms with Gasteiger partial charge in [0.2, 0.25) is 0 Å². The second-order valence-corrected chi connectivity index (χ2v) is 3.31. The zero-order valence-corrected chi connectivity index (χ0v) is 8.91. The molecule has 0 aromatic heterocycles. The molecule has 0 spiro atoms. The summed E-state index contributed by atoms with van der Waals surface area (Å²) >= 11 is 0. The van der Waals surface area contributed by atoms with Gasteiger partial charge < -0.3 is 15.6 Å². The minimum atomic E-state index is -0.0708. The maximum Gasteiger partial charge on any atom is 0.164 e. The number of ketones is 1. The number of carbonyl (C=O) groups excluding carboxylic acids is 1. The summed E-state index contributed by atoms with van der Waals surface area (Å²) < 4.78 is 4.98. The molecule has 0 heterocycles. The lowest BCUT2D eigenvalue weighted by Crippen LogP contribution is -2.08. The maximum absolute atomic E-state index is 11.5. The van der Waals surface area contributed by atoms with Gasteiger partial charge in [0.25, 0.3) is 0 Å². The van der Waals surface area contributed by atoms with Crippen molar-refractivity contribution in [2.45, 2.75) is 13.3 Å². The number of methoxy groups -OCH3 is 1. The summed E-state index contributed by atoms with van der Waals surface area (Å²) in [5, 5.41) is 9.58. The molecule has 0 amide bonds. The van der Waals surface area contributed by atoms with Crippen molar-refractivity contribution in [3.05, 3.63) is 23.3 Å². The molecule has 0 fully saturated rings. The second-order valence-electron chi connectivity index (χ2n) is 3.31. The van der Waals surface area contributed by atoms with Crippen LogP contribution in [0.1, 0.15) is 22.3 Å². The summed E-state index contributed by atoms with van der Waals surface area (Å²) in [5.74, 6) is 0.315. The molecule has 1 rings (SSSR count). The molecular formula is C11H15NO3. The van der Waals surface area contributed by atoms with Gasteiger partial charge in [-0.1, -0.05) is 0 Å². The molecule has 1 aromatic carbocycles. The van der Waals surface area contributed by atoms with Gasteiger partial charge in [-0.2, -0.15) is 0 Å². The Balaban J connectivity index is 3.08. The van der Waals surface area contributed by atoms with Gasteiger partial charge in [0.1, 0.15) is 0 Å². The summed E-state index contributed by atoms with van der Waals surface area (Å²) in [5.41, 5.74) is 6.49. The fourth-order valence-corrected chi connectivity index (χ4v) is 1.46. The first kappa shape index (κ1) is 11.5. The highest BCUT2D eigenvalue weighted by atomic mass is 16.5. The number of hydrogen-bond acceptors (Lipinski definition) is 4. The van der Waals surface area contributed by atoms with Crippen molar-refractivity contribution in [3.8, 4) is 11.5 Å². The summed E-state index contributed by atoms with van der Waals surface area (Å²) in [6.45, 7) is 2.09. The van der Waals surface area contributed by atoms with Crippen molar-refractivity contribution in [2.24, 2.45) is 5.73 Å². The molecule has 0 bridgehead atoms. The number of carbonyl (C=O) groups is 1. The van der Waals surface area contributed by atoms with Crippen molar-refractivity contribution in [3.63, 3.8) is 0 Å². The fourth-order valence-electron chi connectivity index (χ4n) is 1.46. The van der Waals surface area contributed by atoms with E-state index in [1.54, 1.807) is 13.0 Å². The quantitative estimate of drug-likeness (QED) is 0.732. The highest BCUT2D eigenvalue weighted by Crippen LogP contribution is 2.31. The third-order valence-electron chi connectivity index (χ3n) is 2.15. The van der Waals surface area contributed by atoms with E-state index in [9.17, 15) is 9.90 Å². The number of phenolic OH excluding ortho intramolecular Hbond substituents is 1. The molecule has 0 aliphatic rings. The number of ether oxygens (including phenoxy) is 1. The van der Waals surface area contributed by atoms with Crippen molar-refractivity contribution >= 4 is 5.78 Å². The molecule has 4 nitrogen and oxygen atoms in total. The third-order valence-corrected chi connectivity index (χ3v) is 2.15. The van der Waals surface area contributed by atoms with Crippen LogP contribution in [0.5, 0.6) is 11.5 Å². The molecule has 0 radical (unpaired) electrons. The van der Waals surface area contributed by atoms with Crippen LogP contribution in [-0.2, 0) is 0 Å². The number of Topliss-reactive ketones (excluding diaryl/α,β-unsaturated/α-hetero) is 1. The van der Waals surface area contributed by atoms with E-state index >= 15 is 0 Å². The van der Waals surface area contributed by atoms with E-state index in [2.05, 4.69) is 0 Å². The van der Waals surface area contributed by atoms with Gasteiger partial charge in [-0.3, -0.25) is 4.79 Å². The van der Waals surface area contributed by atoms with E-state index in [0.29, 0.717) is 17.9 Å². The Kier molecular flexibility index (Phi) is 3.68. The zero-order chi connectivity index (χ0) is 11.4. The van der Waals surface area contributed by atoms with Crippen molar-refractivity contribution < 1.29 is 14.6 Å². The highest BCUT2D eigenvalue weighted by Gasteiger charge is 2.11. The van der Waals surface area contributed by atoms with Crippen LogP contribution in [0.4, 0.5) is 0 Å². The number of benzene rings is 1. The lowest BCUT2D eigenvalue weighted by molar-refractivity contribution is 0.0985. The largest absolute Gasteiger partial charge is 0.504 e. The van der Waals surface area contributed by atoms with Crippen molar-refractivity contribution in [1.29, 1.82) is 0 Å². The van der Waals surface area contributed by atoms with Crippen LogP contribution < -0.4 is 10.5 Å². The number of rotatable bonds is 4. The average Bonchev–Trinajstić information content (AvgIpc) is 2.17. The molecule has 0 aliphatic carbocycles. The van der Waals surface area contributed by atoms with Gasteiger partial charge in [-0.15, -0.1) is 0 Å². The Labute approximate surface area is 88.7 Å². The van der Waals surface area contributed by atoms with E-state index in [1.165, 1.54) is 13.2 Å². The van der Waals surface area contributed by atoms with Crippen LogP contribution in [0.3, 0.4) is 0 Å². The van der Waals surface area contributed by atoms with Gasteiger partial charge in [-0.25, -0.2) is 0 Å². The second kappa shape index (κ2) is 4.79. The number of aryl methyl sites for hydroxylation is 1. The average molecular weight is 209 g/mol. The smallest absolute Gasteiger partial charge is 0.164 e. The van der Waals surface area contributed by atoms with Crippen LogP contribution in [-0.4, -0.2) is 24.5 Å². The van der Waals surface area contributed by atoms with E-state index in [4.69, 9.17) is 10.5 Å². The molecule has 15 heavy (non-hydrogen) atoms. The van der Waals surface area contributed by atoms with Crippen LogP contribution in [0.25, 0.3) is 0 Å². The molecule has 0 atom stereocenters. The molecule has 1 aromatic rings. The summed E-state index contributed by atoms with van der Waals surface area (Å²) in [6, 6.07) is 3.10. The first-order chi connectivity index (χ1) is 7.10. The summed E-state index contributed by atoms with van der Waals surface area (Å²) in [7, 11) is 1.48. The predicted molar refractivity (Wildman–Crippen MR) is 57.4 cm³/mol. The minimum absolute atomic E-state index is 0.0159. The van der Waals surface area contributed by atoms with Crippen molar-refractivity contribution in [2.75, 3.05) is 13.7 Å². The molecule has 82 valence electrons. The first-order valence-corrected chi connectivity index (χ1v) is 4.71. The topological polar surface area (TPSA) is 72.5 Å². The lowest BCUT2D eigenvalue weighted by atomic mass is 10.0. The molecule has 0 saturated carbocycles. The molecule has 3 N–H and O–H groups in total. The Morgan fingerprint density at radius 2 is 2.20 bits per heavy atom. The van der Waals surface area contributed by atoms with Crippen LogP contribution >= 0.6 is 0 Å². The van der Waals surface area contributed by atoms with E-state index in [1.807, 2.05) is 0 Å². The van der Waals surface area contributed by atoms with Gasteiger partial charge in [0.15, 0.2) is 17.3 Å². The standard InChI is InChI=1S/C11H15NO3/c1-7-5-8(9(13)3-4-12)6-10(14)11(7)15-2/h5-6,14H,3-4,12H2,1-2H3. The van der Waals surface area contributed by atoms with Gasteiger partial charge in [-0.05, 0) is 31.2 Å². The SMILES string of the molecule is COc1c(C)cc(C(=O)CCN)cc1O. The predicted octanol–water partition coefficient (Wildman–Crippen LogP) is 1.24. The summed E-state index contributed by atoms with van der Waals surface area (Å²) in [4.78, 5) is 11.5. The monoisotopic (exact) mass is 209 g/mol. The van der Waals surface area contributed by atoms with Gasteiger partial charge in [0, 0.05) is 12.0 Å². The highest BCUT2D eigenvalue weighted by molar-refractivity contribution is 5.97. The number of nitrogens with two attached hydrogens (primary N) is 1. The normalized spacial score (nSPS) is 10.1. The van der Waals surface area contributed by atoms with E-state index in [-0.39, 0.29) is 18.0 Å². The molecular weight excluding hydrogens is 194 g/mol. The minimum Gasteiger partial charge on any atom is -0.504 e. The first-order valence-electron chi connectivity index (χ1n) is 4.71. The van der Waals surface area contributed by atoms with Crippen LogP contribution in [0, 0.1) is 6.92 Å². The zero-order valence-electron chi connectivity index (χ0n) is 8.91. The number of phenols is 1. The summed E-state index contributed by atoms with van der Waals surface area (Å²) in [6.07, 6.45) is 0.283. The van der Waals surface area contributed by atoms with Crippen LogP contribution in [0.2, 0.25) is 0 Å². The third kappa shape index (κ3) is 2.47.